The van der Waals surface area contributed by atoms with Crippen molar-refractivity contribution in [1.82, 2.24) is 0 Å². The molecule has 1 heterocycles. The second-order valence-corrected chi connectivity index (χ2v) is 4.84. The molecule has 0 radical (unpaired) electrons. The van der Waals surface area contributed by atoms with E-state index in [2.05, 4.69) is 4.90 Å². The Morgan fingerprint density at radius 1 is 1.21 bits per heavy atom. The highest BCUT2D eigenvalue weighted by molar-refractivity contribution is 5.78. The number of phenols is 1. The number of methoxy groups -OCH3 is 3. The average Bonchev–Trinajstić information content (AvgIpc) is 2.69. The van der Waals surface area contributed by atoms with Gasteiger partial charge in [-0.25, -0.2) is 0 Å². The maximum absolute atomic E-state index is 10.5. The molecule has 5 heteroatoms. The quantitative estimate of drug-likeness (QED) is 0.903. The van der Waals surface area contributed by atoms with Crippen LogP contribution < -0.4 is 14.4 Å². The summed E-state index contributed by atoms with van der Waals surface area (Å²) in [5.74, 6) is 1.55. The number of phenolic OH excluding ortho intramolecular Hbond substituents is 1. The van der Waals surface area contributed by atoms with Crippen LogP contribution in [-0.4, -0.2) is 46.6 Å². The molecule has 0 bridgehead atoms. The first kappa shape index (κ1) is 13.8. The van der Waals surface area contributed by atoms with Crippen molar-refractivity contribution >= 4 is 5.69 Å². The van der Waals surface area contributed by atoms with E-state index in [0.717, 1.165) is 29.1 Å². The van der Waals surface area contributed by atoms with E-state index in [4.69, 9.17) is 14.2 Å². The molecule has 0 spiro atoms. The van der Waals surface area contributed by atoms with Crippen molar-refractivity contribution < 1.29 is 19.3 Å². The van der Waals surface area contributed by atoms with Crippen molar-refractivity contribution in [2.24, 2.45) is 0 Å². The molecular formula is C14H21NO4. The van der Waals surface area contributed by atoms with Gasteiger partial charge in [-0.15, -0.1) is 0 Å². The molecule has 1 aliphatic rings. The smallest absolute Gasteiger partial charge is 0.167 e. The zero-order valence-electron chi connectivity index (χ0n) is 12.1. The summed E-state index contributed by atoms with van der Waals surface area (Å²) in [6, 6.07) is 0. The molecule has 0 saturated heterocycles. The number of fused-ring (bicyclic) bond motifs is 1. The summed E-state index contributed by atoms with van der Waals surface area (Å²) in [6.07, 6.45) is 0. The molecule has 0 fully saturated rings. The van der Waals surface area contributed by atoms with Gasteiger partial charge in [0.05, 0.1) is 26.5 Å². The van der Waals surface area contributed by atoms with E-state index in [1.807, 2.05) is 14.0 Å². The van der Waals surface area contributed by atoms with Crippen LogP contribution in [0.1, 0.15) is 17.0 Å². The van der Waals surface area contributed by atoms with Crippen molar-refractivity contribution in [2.45, 2.75) is 12.8 Å². The zero-order chi connectivity index (χ0) is 14.2. The molecule has 19 heavy (non-hydrogen) atoms. The molecule has 5 nitrogen and oxygen atoms in total. The lowest BCUT2D eigenvalue weighted by Gasteiger charge is -2.20. The molecule has 0 saturated carbocycles. The van der Waals surface area contributed by atoms with Crippen LogP contribution in [0.2, 0.25) is 0 Å². The van der Waals surface area contributed by atoms with Crippen LogP contribution in [0.4, 0.5) is 5.69 Å². The topological polar surface area (TPSA) is 51.2 Å². The van der Waals surface area contributed by atoms with Gasteiger partial charge in [0.2, 0.25) is 0 Å². The fourth-order valence-corrected chi connectivity index (χ4v) is 2.93. The number of hydrogen-bond donors (Lipinski definition) is 1. The highest BCUT2D eigenvalue weighted by Crippen LogP contribution is 2.53. The summed E-state index contributed by atoms with van der Waals surface area (Å²) < 4.78 is 16.1. The SMILES string of the molecule is COCC1CN(C)c2c(OC)c(C)c(OC)c(O)c21. The number of nitrogens with zero attached hydrogens (tertiary/aromatic N) is 1. The average molecular weight is 267 g/mol. The van der Waals surface area contributed by atoms with Gasteiger partial charge in [0, 0.05) is 37.7 Å². The number of anilines is 1. The van der Waals surface area contributed by atoms with Crippen molar-refractivity contribution in [3.05, 3.63) is 11.1 Å². The number of ether oxygens (including phenoxy) is 3. The Bertz CT molecular complexity index is 487. The zero-order valence-corrected chi connectivity index (χ0v) is 12.1. The Balaban J connectivity index is 2.69. The van der Waals surface area contributed by atoms with Crippen molar-refractivity contribution in [2.75, 3.05) is 46.4 Å². The maximum atomic E-state index is 10.5. The van der Waals surface area contributed by atoms with Crippen LogP contribution in [0.25, 0.3) is 0 Å². The molecular weight excluding hydrogens is 246 g/mol. The van der Waals surface area contributed by atoms with Crippen molar-refractivity contribution in [3.63, 3.8) is 0 Å². The highest BCUT2D eigenvalue weighted by Gasteiger charge is 2.35. The summed E-state index contributed by atoms with van der Waals surface area (Å²) in [6.45, 7) is 3.23. The Hall–Kier alpha value is -1.62. The molecule has 1 aromatic rings. The summed E-state index contributed by atoms with van der Waals surface area (Å²) in [5, 5.41) is 10.5. The number of likely N-dealkylation sites (N-methyl/N-ethyl adjacent to an activating group) is 1. The van der Waals surface area contributed by atoms with E-state index in [1.165, 1.54) is 0 Å². The summed E-state index contributed by atoms with van der Waals surface area (Å²) >= 11 is 0. The monoisotopic (exact) mass is 267 g/mol. The molecule has 0 amide bonds. The lowest BCUT2D eigenvalue weighted by molar-refractivity contribution is 0.182. The van der Waals surface area contributed by atoms with E-state index in [9.17, 15) is 5.11 Å². The van der Waals surface area contributed by atoms with Crippen LogP contribution in [0.5, 0.6) is 17.2 Å². The molecule has 1 aliphatic heterocycles. The minimum atomic E-state index is 0.119. The molecule has 0 aromatic heterocycles. The Kier molecular flexibility index (Phi) is 3.75. The first-order valence-electron chi connectivity index (χ1n) is 6.24. The third kappa shape index (κ3) is 1.98. The van der Waals surface area contributed by atoms with E-state index < -0.39 is 0 Å². The van der Waals surface area contributed by atoms with Crippen LogP contribution in [0, 0.1) is 6.92 Å². The number of aromatic hydroxyl groups is 1. The second-order valence-electron chi connectivity index (χ2n) is 4.84. The summed E-state index contributed by atoms with van der Waals surface area (Å²) in [4.78, 5) is 2.09. The van der Waals surface area contributed by atoms with Gasteiger partial charge < -0.3 is 24.2 Å². The van der Waals surface area contributed by atoms with Gasteiger partial charge in [0.1, 0.15) is 5.75 Å². The fourth-order valence-electron chi connectivity index (χ4n) is 2.93. The largest absolute Gasteiger partial charge is 0.504 e. The van der Waals surface area contributed by atoms with E-state index >= 15 is 0 Å². The van der Waals surface area contributed by atoms with Gasteiger partial charge in [0.25, 0.3) is 0 Å². The first-order valence-corrected chi connectivity index (χ1v) is 6.24. The van der Waals surface area contributed by atoms with Gasteiger partial charge in [-0.1, -0.05) is 0 Å². The molecule has 106 valence electrons. The highest BCUT2D eigenvalue weighted by atomic mass is 16.5. The summed E-state index contributed by atoms with van der Waals surface area (Å²) in [5.41, 5.74) is 2.59. The lowest BCUT2D eigenvalue weighted by atomic mass is 9.97. The Labute approximate surface area is 113 Å². The van der Waals surface area contributed by atoms with Crippen LogP contribution >= 0.6 is 0 Å². The minimum Gasteiger partial charge on any atom is -0.504 e. The van der Waals surface area contributed by atoms with E-state index in [-0.39, 0.29) is 11.7 Å². The number of hydrogen-bond acceptors (Lipinski definition) is 5. The number of benzene rings is 1. The van der Waals surface area contributed by atoms with Crippen LogP contribution in [0.15, 0.2) is 0 Å². The predicted molar refractivity (Wildman–Crippen MR) is 73.8 cm³/mol. The van der Waals surface area contributed by atoms with Gasteiger partial charge in [-0.3, -0.25) is 0 Å². The number of rotatable bonds is 4. The van der Waals surface area contributed by atoms with Crippen molar-refractivity contribution in [1.29, 1.82) is 0 Å². The van der Waals surface area contributed by atoms with Gasteiger partial charge in [-0.2, -0.15) is 0 Å². The predicted octanol–water partition coefficient (Wildman–Crippen LogP) is 1.90. The second kappa shape index (κ2) is 5.17. The first-order chi connectivity index (χ1) is 9.06. The lowest BCUT2D eigenvalue weighted by Crippen LogP contribution is -2.17. The molecule has 1 atom stereocenters. The minimum absolute atomic E-state index is 0.119. The van der Waals surface area contributed by atoms with E-state index in [0.29, 0.717) is 12.4 Å². The van der Waals surface area contributed by atoms with Gasteiger partial charge in [0.15, 0.2) is 11.5 Å². The normalized spacial score (nSPS) is 17.5. The molecule has 1 aromatic carbocycles. The van der Waals surface area contributed by atoms with Crippen LogP contribution in [0.3, 0.4) is 0 Å². The van der Waals surface area contributed by atoms with Gasteiger partial charge in [-0.05, 0) is 6.92 Å². The third-order valence-corrected chi connectivity index (χ3v) is 3.68. The Morgan fingerprint density at radius 2 is 1.84 bits per heavy atom. The molecule has 0 aliphatic carbocycles. The third-order valence-electron chi connectivity index (χ3n) is 3.68. The Morgan fingerprint density at radius 3 is 2.37 bits per heavy atom. The molecule has 1 N–H and O–H groups in total. The van der Waals surface area contributed by atoms with E-state index in [1.54, 1.807) is 21.3 Å². The molecule has 1 unspecified atom stereocenters. The van der Waals surface area contributed by atoms with Gasteiger partial charge >= 0.3 is 0 Å². The van der Waals surface area contributed by atoms with Crippen LogP contribution in [-0.2, 0) is 4.74 Å². The maximum Gasteiger partial charge on any atom is 0.167 e. The van der Waals surface area contributed by atoms with Crippen molar-refractivity contribution in [3.8, 4) is 17.2 Å². The molecule has 2 rings (SSSR count). The summed E-state index contributed by atoms with van der Waals surface area (Å²) in [7, 11) is 6.84. The standard InChI is InChI=1S/C14H21NO4/c1-8-13(18-4)11-10(12(16)14(8)19-5)9(7-17-3)6-15(11)2/h9,16H,6-7H2,1-5H3. The fraction of sp³-hybridized carbons (Fsp3) is 0.571.